The van der Waals surface area contributed by atoms with Gasteiger partial charge in [0, 0.05) is 5.69 Å². The Morgan fingerprint density at radius 1 is 1.14 bits per heavy atom. The molecule has 3 rings (SSSR count). The number of rotatable bonds is 4. The number of pyridine rings is 1. The first-order valence-corrected chi connectivity index (χ1v) is 6.58. The van der Waals surface area contributed by atoms with Gasteiger partial charge in [-0.1, -0.05) is 30.3 Å². The third kappa shape index (κ3) is 2.90. The van der Waals surface area contributed by atoms with Crippen molar-refractivity contribution in [3.63, 3.8) is 0 Å². The maximum absolute atomic E-state index is 8.58. The van der Waals surface area contributed by atoms with E-state index in [1.807, 2.05) is 54.6 Å². The van der Waals surface area contributed by atoms with Crippen LogP contribution < -0.4 is 5.32 Å². The summed E-state index contributed by atoms with van der Waals surface area (Å²) in [6.45, 7) is 0. The maximum atomic E-state index is 8.58. The molecule has 21 heavy (non-hydrogen) atoms. The number of nitriles is 1. The van der Waals surface area contributed by atoms with Crippen molar-refractivity contribution in [2.45, 2.75) is 6.42 Å². The van der Waals surface area contributed by atoms with Crippen molar-refractivity contribution in [2.24, 2.45) is 0 Å². The summed E-state index contributed by atoms with van der Waals surface area (Å²) in [6, 6.07) is 17.6. The average Bonchev–Trinajstić information content (AvgIpc) is 2.92. The zero-order valence-electron chi connectivity index (χ0n) is 11.3. The molecule has 3 aromatic rings. The van der Waals surface area contributed by atoms with Crippen molar-refractivity contribution < 1.29 is 0 Å². The summed E-state index contributed by atoms with van der Waals surface area (Å²) in [7, 11) is 0. The fourth-order valence-corrected chi connectivity index (χ4v) is 1.99. The van der Waals surface area contributed by atoms with Crippen molar-refractivity contribution in [3.05, 3.63) is 60.3 Å². The van der Waals surface area contributed by atoms with E-state index in [0.29, 0.717) is 12.4 Å². The Bertz CT molecular complexity index is 812. The molecule has 0 spiro atoms. The molecular weight excluding hydrogens is 262 g/mol. The lowest BCUT2D eigenvalue weighted by molar-refractivity contribution is 0.951. The summed E-state index contributed by atoms with van der Waals surface area (Å²) < 4.78 is 1.75. The summed E-state index contributed by atoms with van der Waals surface area (Å²) in [5.74, 6) is 0.544. The number of aromatic nitrogens is 3. The molecule has 1 N–H and O–H groups in total. The first-order valence-electron chi connectivity index (χ1n) is 6.58. The largest absolute Gasteiger partial charge is 0.323 e. The molecule has 0 radical (unpaired) electrons. The maximum Gasteiger partial charge on any atom is 0.247 e. The number of nitrogens with one attached hydrogen (secondary N) is 1. The summed E-state index contributed by atoms with van der Waals surface area (Å²) in [6.07, 6.45) is 4.05. The second-order valence-corrected chi connectivity index (χ2v) is 4.41. The molecule has 2 heterocycles. The number of anilines is 2. The molecule has 102 valence electrons. The highest BCUT2D eigenvalue weighted by molar-refractivity contribution is 5.58. The predicted octanol–water partition coefficient (Wildman–Crippen LogP) is 3.40. The van der Waals surface area contributed by atoms with Crippen LogP contribution in [0.2, 0.25) is 0 Å². The van der Waals surface area contributed by atoms with Crippen LogP contribution in [0.25, 0.3) is 11.7 Å². The van der Waals surface area contributed by atoms with E-state index in [9.17, 15) is 0 Å². The van der Waals surface area contributed by atoms with Crippen molar-refractivity contribution >= 4 is 23.4 Å². The van der Waals surface area contributed by atoms with E-state index >= 15 is 0 Å². The van der Waals surface area contributed by atoms with Gasteiger partial charge >= 0.3 is 0 Å². The van der Waals surface area contributed by atoms with Gasteiger partial charge in [-0.3, -0.25) is 0 Å². The van der Waals surface area contributed by atoms with Gasteiger partial charge < -0.3 is 5.32 Å². The highest BCUT2D eigenvalue weighted by Crippen LogP contribution is 2.15. The molecule has 2 aromatic heterocycles. The van der Waals surface area contributed by atoms with Crippen molar-refractivity contribution in [1.82, 2.24) is 14.6 Å². The number of nitrogens with zero attached hydrogens (tertiary/aromatic N) is 4. The van der Waals surface area contributed by atoms with Crippen LogP contribution in [0.5, 0.6) is 0 Å². The van der Waals surface area contributed by atoms with Gasteiger partial charge in [-0.15, -0.1) is 5.10 Å². The van der Waals surface area contributed by atoms with Crippen molar-refractivity contribution in [2.75, 3.05) is 5.32 Å². The van der Waals surface area contributed by atoms with Gasteiger partial charge in [0.25, 0.3) is 0 Å². The second kappa shape index (κ2) is 5.88. The molecule has 0 amide bonds. The summed E-state index contributed by atoms with van der Waals surface area (Å²) in [4.78, 5) is 4.44. The monoisotopic (exact) mass is 275 g/mol. The number of benzene rings is 1. The second-order valence-electron chi connectivity index (χ2n) is 4.41. The molecule has 0 aliphatic heterocycles. The van der Waals surface area contributed by atoms with E-state index in [4.69, 9.17) is 5.26 Å². The first-order chi connectivity index (χ1) is 10.4. The Balaban J connectivity index is 1.93. The molecular formula is C16H13N5. The minimum Gasteiger partial charge on any atom is -0.323 e. The zero-order valence-corrected chi connectivity index (χ0v) is 11.3. The van der Waals surface area contributed by atoms with Gasteiger partial charge in [-0.25, -0.2) is 4.52 Å². The third-order valence-electron chi connectivity index (χ3n) is 2.92. The number of hydrogen-bond acceptors (Lipinski definition) is 4. The minimum atomic E-state index is 0.375. The molecule has 0 unspecified atom stereocenters. The van der Waals surface area contributed by atoms with Crippen LogP contribution in [0.4, 0.5) is 11.6 Å². The van der Waals surface area contributed by atoms with E-state index in [0.717, 1.165) is 17.0 Å². The zero-order chi connectivity index (χ0) is 14.5. The van der Waals surface area contributed by atoms with Gasteiger partial charge in [0.05, 0.1) is 18.2 Å². The lowest BCUT2D eigenvalue weighted by atomic mass is 10.3. The van der Waals surface area contributed by atoms with E-state index in [2.05, 4.69) is 21.5 Å². The molecule has 5 heteroatoms. The minimum absolute atomic E-state index is 0.375. The van der Waals surface area contributed by atoms with Gasteiger partial charge in [0.15, 0.2) is 5.65 Å². The smallest absolute Gasteiger partial charge is 0.247 e. The lowest BCUT2D eigenvalue weighted by Gasteiger charge is -1.99. The van der Waals surface area contributed by atoms with Crippen LogP contribution >= 0.6 is 0 Å². The molecule has 5 nitrogen and oxygen atoms in total. The molecule has 0 saturated heterocycles. The number of fused-ring (bicyclic) bond motifs is 1. The molecule has 0 fully saturated rings. The molecule has 0 aliphatic carbocycles. The Hall–Kier alpha value is -3.13. The summed E-state index contributed by atoms with van der Waals surface area (Å²) >= 11 is 0. The van der Waals surface area contributed by atoms with Crippen LogP contribution in [-0.4, -0.2) is 14.6 Å². The lowest BCUT2D eigenvalue weighted by Crippen LogP contribution is -1.95. The van der Waals surface area contributed by atoms with Crippen LogP contribution in [0.15, 0.2) is 54.6 Å². The van der Waals surface area contributed by atoms with E-state index < -0.39 is 0 Å². The fourth-order valence-electron chi connectivity index (χ4n) is 1.99. The molecule has 0 bridgehead atoms. The summed E-state index contributed by atoms with van der Waals surface area (Å²) in [5, 5.41) is 16.2. The topological polar surface area (TPSA) is 66.0 Å². The van der Waals surface area contributed by atoms with Gasteiger partial charge in [0.2, 0.25) is 5.95 Å². The Morgan fingerprint density at radius 3 is 2.81 bits per heavy atom. The van der Waals surface area contributed by atoms with Crippen molar-refractivity contribution in [3.8, 4) is 6.07 Å². The molecule has 0 saturated carbocycles. The van der Waals surface area contributed by atoms with Crippen LogP contribution in [0, 0.1) is 11.3 Å². The summed E-state index contributed by atoms with van der Waals surface area (Å²) in [5.41, 5.74) is 2.58. The van der Waals surface area contributed by atoms with E-state index in [1.165, 1.54) is 0 Å². The normalized spacial score (nSPS) is 10.8. The Kier molecular flexibility index (Phi) is 3.61. The van der Waals surface area contributed by atoms with Crippen LogP contribution in [0.3, 0.4) is 0 Å². The van der Waals surface area contributed by atoms with E-state index in [1.54, 1.807) is 10.6 Å². The van der Waals surface area contributed by atoms with Crippen LogP contribution in [-0.2, 0) is 0 Å². The first kappa shape index (κ1) is 12.9. The number of para-hydroxylation sites is 1. The number of allylic oxidation sites excluding steroid dienone is 1. The average molecular weight is 275 g/mol. The van der Waals surface area contributed by atoms with E-state index in [-0.39, 0.29) is 0 Å². The van der Waals surface area contributed by atoms with Gasteiger partial charge in [0.1, 0.15) is 0 Å². The van der Waals surface area contributed by atoms with Crippen LogP contribution in [0.1, 0.15) is 12.1 Å². The van der Waals surface area contributed by atoms with Gasteiger partial charge in [-0.2, -0.15) is 10.2 Å². The SMILES string of the molecule is N#CCC=Cc1cccc2nc(Nc3ccccc3)nn12. The predicted molar refractivity (Wildman–Crippen MR) is 82.0 cm³/mol. The molecule has 0 atom stereocenters. The standard InChI is InChI=1S/C16H13N5/c17-12-5-4-9-14-10-6-11-15-19-16(20-21(14)15)18-13-7-2-1-3-8-13/h1-4,6-11H,5H2,(H,18,20). The fraction of sp³-hybridized carbons (Fsp3) is 0.0625. The Morgan fingerprint density at radius 2 is 2.00 bits per heavy atom. The molecule has 0 aliphatic rings. The highest BCUT2D eigenvalue weighted by atomic mass is 15.4. The highest BCUT2D eigenvalue weighted by Gasteiger charge is 2.05. The number of hydrogen-bond donors (Lipinski definition) is 1. The van der Waals surface area contributed by atoms with Gasteiger partial charge in [-0.05, 0) is 30.3 Å². The quantitative estimate of drug-likeness (QED) is 0.792. The third-order valence-corrected chi connectivity index (χ3v) is 2.92. The van der Waals surface area contributed by atoms with Crippen molar-refractivity contribution in [1.29, 1.82) is 5.26 Å². The Labute approximate surface area is 122 Å². The molecule has 1 aromatic carbocycles.